The van der Waals surface area contributed by atoms with Gasteiger partial charge in [-0.2, -0.15) is 0 Å². The summed E-state index contributed by atoms with van der Waals surface area (Å²) in [5, 5.41) is 3.52. The minimum absolute atomic E-state index is 0.159. The Bertz CT molecular complexity index is 801. The molecule has 1 amide bonds. The predicted molar refractivity (Wildman–Crippen MR) is 99.8 cm³/mol. The Morgan fingerprint density at radius 3 is 2.65 bits per heavy atom. The molecule has 0 saturated carbocycles. The van der Waals surface area contributed by atoms with Crippen LogP contribution in [0.2, 0.25) is 5.02 Å². The van der Waals surface area contributed by atoms with E-state index in [4.69, 9.17) is 21.1 Å². The molecule has 0 saturated heterocycles. The highest BCUT2D eigenvalue weighted by atomic mass is 35.5. The lowest BCUT2D eigenvalue weighted by Gasteiger charge is -2.14. The molecule has 0 aliphatic carbocycles. The van der Waals surface area contributed by atoms with Gasteiger partial charge >= 0.3 is 5.97 Å². The van der Waals surface area contributed by atoms with Crippen LogP contribution in [0.3, 0.4) is 0 Å². The average Bonchev–Trinajstić information content (AvgIpc) is 2.89. The number of ether oxygens (including phenoxy) is 2. The molecule has 0 aliphatic rings. The first-order chi connectivity index (χ1) is 12.3. The molecular formula is C19H23ClN2O4. The van der Waals surface area contributed by atoms with E-state index < -0.39 is 5.97 Å². The predicted octanol–water partition coefficient (Wildman–Crippen LogP) is 3.58. The lowest BCUT2D eigenvalue weighted by atomic mass is 10.1. The molecule has 26 heavy (non-hydrogen) atoms. The van der Waals surface area contributed by atoms with Gasteiger partial charge in [-0.3, -0.25) is 4.79 Å². The van der Waals surface area contributed by atoms with Gasteiger partial charge in [-0.1, -0.05) is 23.7 Å². The minimum atomic E-state index is -0.477. The number of carbonyl (C=O) groups is 2. The quantitative estimate of drug-likeness (QED) is 0.570. The Hall–Kier alpha value is -2.31. The zero-order valence-corrected chi connectivity index (χ0v) is 16.1. The van der Waals surface area contributed by atoms with Gasteiger partial charge < -0.3 is 19.8 Å². The number of H-pyrrole nitrogens is 1. The third kappa shape index (κ3) is 4.65. The van der Waals surface area contributed by atoms with Gasteiger partial charge in [0, 0.05) is 17.8 Å². The maximum atomic E-state index is 12.6. The third-order valence-electron chi connectivity index (χ3n) is 4.09. The number of esters is 1. The zero-order valence-electron chi connectivity index (χ0n) is 15.3. The summed E-state index contributed by atoms with van der Waals surface area (Å²) in [7, 11) is 1.53. The Morgan fingerprint density at radius 1 is 1.27 bits per heavy atom. The summed E-state index contributed by atoms with van der Waals surface area (Å²) >= 11 is 6.00. The van der Waals surface area contributed by atoms with E-state index in [0.717, 1.165) is 5.56 Å². The van der Waals surface area contributed by atoms with Crippen LogP contribution >= 0.6 is 11.6 Å². The molecule has 1 aromatic heterocycles. The maximum Gasteiger partial charge on any atom is 0.340 e. The summed E-state index contributed by atoms with van der Waals surface area (Å²) < 4.78 is 10.0. The number of carbonyl (C=O) groups excluding carboxylic acids is 2. The zero-order chi connectivity index (χ0) is 19.3. The number of aromatic nitrogens is 1. The van der Waals surface area contributed by atoms with Crippen molar-refractivity contribution < 1.29 is 19.1 Å². The SMILES string of the molecule is COCCOC(=O)c1c(C)[nH]c(C(=O)NC(C)c2cccc(Cl)c2)c1C. The van der Waals surface area contributed by atoms with Gasteiger partial charge in [-0.25, -0.2) is 4.79 Å². The molecule has 2 aromatic rings. The monoisotopic (exact) mass is 378 g/mol. The van der Waals surface area contributed by atoms with E-state index in [1.54, 1.807) is 26.0 Å². The molecule has 0 bridgehead atoms. The molecule has 1 heterocycles. The number of nitrogens with one attached hydrogen (secondary N) is 2. The van der Waals surface area contributed by atoms with E-state index in [1.807, 2.05) is 19.1 Å². The summed E-state index contributed by atoms with van der Waals surface area (Å²) in [6, 6.07) is 7.07. The van der Waals surface area contributed by atoms with E-state index in [2.05, 4.69) is 10.3 Å². The van der Waals surface area contributed by atoms with Gasteiger partial charge in [0.2, 0.25) is 0 Å². The van der Waals surface area contributed by atoms with Crippen molar-refractivity contribution in [2.45, 2.75) is 26.8 Å². The largest absolute Gasteiger partial charge is 0.460 e. The van der Waals surface area contributed by atoms with E-state index in [-0.39, 0.29) is 18.6 Å². The van der Waals surface area contributed by atoms with Crippen molar-refractivity contribution in [1.29, 1.82) is 0 Å². The Kier molecular flexibility index (Phi) is 6.83. The lowest BCUT2D eigenvalue weighted by molar-refractivity contribution is 0.0387. The van der Waals surface area contributed by atoms with Crippen LogP contribution in [0.5, 0.6) is 0 Å². The number of methoxy groups -OCH3 is 1. The van der Waals surface area contributed by atoms with Crippen LogP contribution in [-0.2, 0) is 9.47 Å². The highest BCUT2D eigenvalue weighted by Crippen LogP contribution is 2.21. The third-order valence-corrected chi connectivity index (χ3v) is 4.32. The van der Waals surface area contributed by atoms with E-state index in [1.165, 1.54) is 7.11 Å². The number of aromatic amines is 1. The summed E-state index contributed by atoms with van der Waals surface area (Å²) in [6.45, 7) is 5.80. The van der Waals surface area contributed by atoms with Crippen LogP contribution in [-0.4, -0.2) is 37.2 Å². The summed E-state index contributed by atoms with van der Waals surface area (Å²) in [6.07, 6.45) is 0. The van der Waals surface area contributed by atoms with Gasteiger partial charge in [0.05, 0.1) is 18.2 Å². The second kappa shape index (κ2) is 8.87. The first-order valence-electron chi connectivity index (χ1n) is 8.26. The molecule has 1 aromatic carbocycles. The Balaban J connectivity index is 2.14. The summed E-state index contributed by atoms with van der Waals surface area (Å²) in [5.74, 6) is -0.774. The minimum Gasteiger partial charge on any atom is -0.460 e. The van der Waals surface area contributed by atoms with Gasteiger partial charge in [-0.15, -0.1) is 0 Å². The smallest absolute Gasteiger partial charge is 0.340 e. The van der Waals surface area contributed by atoms with Crippen LogP contribution < -0.4 is 5.32 Å². The van der Waals surface area contributed by atoms with Gasteiger partial charge in [0.1, 0.15) is 12.3 Å². The van der Waals surface area contributed by atoms with E-state index in [9.17, 15) is 9.59 Å². The number of hydrogen-bond donors (Lipinski definition) is 2. The molecular weight excluding hydrogens is 356 g/mol. The standard InChI is InChI=1S/C19H23ClN2O4/c1-11-16(19(24)26-9-8-25-4)13(3)21-17(11)18(23)22-12(2)14-6-5-7-15(20)10-14/h5-7,10,12,21H,8-9H2,1-4H3,(H,22,23). The first-order valence-corrected chi connectivity index (χ1v) is 8.64. The average molecular weight is 379 g/mol. The summed E-state index contributed by atoms with van der Waals surface area (Å²) in [4.78, 5) is 27.9. The molecule has 0 radical (unpaired) electrons. The number of halogens is 1. The van der Waals surface area contributed by atoms with Crippen LogP contribution in [0.1, 0.15) is 50.6 Å². The number of hydrogen-bond acceptors (Lipinski definition) is 4. The topological polar surface area (TPSA) is 80.4 Å². The first kappa shape index (κ1) is 20.0. The fourth-order valence-corrected chi connectivity index (χ4v) is 2.90. The molecule has 140 valence electrons. The molecule has 6 nitrogen and oxygen atoms in total. The normalized spacial score (nSPS) is 11.9. The molecule has 0 fully saturated rings. The van der Waals surface area contributed by atoms with Crippen LogP contribution in [0, 0.1) is 13.8 Å². The highest BCUT2D eigenvalue weighted by molar-refractivity contribution is 6.30. The van der Waals surface area contributed by atoms with Crippen molar-refractivity contribution >= 4 is 23.5 Å². The van der Waals surface area contributed by atoms with Gasteiger partial charge in [-0.05, 0) is 44.0 Å². The maximum absolute atomic E-state index is 12.6. The number of aryl methyl sites for hydroxylation is 1. The van der Waals surface area contributed by atoms with Crippen molar-refractivity contribution in [2.75, 3.05) is 20.3 Å². The van der Waals surface area contributed by atoms with Crippen molar-refractivity contribution in [3.05, 3.63) is 57.4 Å². The Labute approximate surface area is 157 Å². The van der Waals surface area contributed by atoms with Crippen molar-refractivity contribution in [3.8, 4) is 0 Å². The van der Waals surface area contributed by atoms with Crippen molar-refractivity contribution in [1.82, 2.24) is 10.3 Å². The fourth-order valence-electron chi connectivity index (χ4n) is 2.70. The molecule has 0 spiro atoms. The van der Waals surface area contributed by atoms with Gasteiger partial charge in [0.25, 0.3) is 5.91 Å². The molecule has 7 heteroatoms. The Morgan fingerprint density at radius 2 is 2.00 bits per heavy atom. The summed E-state index contributed by atoms with van der Waals surface area (Å²) in [5.41, 5.74) is 2.76. The molecule has 1 unspecified atom stereocenters. The van der Waals surface area contributed by atoms with Crippen LogP contribution in [0.25, 0.3) is 0 Å². The molecule has 2 rings (SSSR count). The molecule has 1 atom stereocenters. The van der Waals surface area contributed by atoms with Gasteiger partial charge in [0.15, 0.2) is 0 Å². The second-order valence-electron chi connectivity index (χ2n) is 6.00. The van der Waals surface area contributed by atoms with Crippen molar-refractivity contribution in [2.24, 2.45) is 0 Å². The molecule has 0 aliphatic heterocycles. The number of rotatable bonds is 7. The second-order valence-corrected chi connectivity index (χ2v) is 6.44. The van der Waals surface area contributed by atoms with E-state index in [0.29, 0.717) is 34.1 Å². The number of amides is 1. The lowest BCUT2D eigenvalue weighted by Crippen LogP contribution is -2.27. The van der Waals surface area contributed by atoms with Crippen molar-refractivity contribution in [3.63, 3.8) is 0 Å². The number of benzene rings is 1. The van der Waals surface area contributed by atoms with Crippen LogP contribution in [0.15, 0.2) is 24.3 Å². The highest BCUT2D eigenvalue weighted by Gasteiger charge is 2.24. The fraction of sp³-hybridized carbons (Fsp3) is 0.368. The van der Waals surface area contributed by atoms with Crippen LogP contribution in [0.4, 0.5) is 0 Å². The molecule has 2 N–H and O–H groups in total. The van der Waals surface area contributed by atoms with E-state index >= 15 is 0 Å².